The third kappa shape index (κ3) is 2.67. The third-order valence-corrected chi connectivity index (χ3v) is 5.43. The molecular formula is C20H26N4O. The van der Waals surface area contributed by atoms with Gasteiger partial charge in [-0.15, -0.1) is 0 Å². The molecule has 1 unspecified atom stereocenters. The van der Waals surface area contributed by atoms with Crippen molar-refractivity contribution in [3.63, 3.8) is 0 Å². The lowest BCUT2D eigenvalue weighted by atomic mass is 9.81. The Morgan fingerprint density at radius 2 is 2.08 bits per heavy atom. The topological polar surface area (TPSA) is 41.4 Å². The van der Waals surface area contributed by atoms with E-state index in [9.17, 15) is 4.79 Å². The molecular weight excluding hydrogens is 312 g/mol. The van der Waals surface area contributed by atoms with Crippen LogP contribution >= 0.6 is 0 Å². The van der Waals surface area contributed by atoms with E-state index in [0.717, 1.165) is 38.3 Å². The summed E-state index contributed by atoms with van der Waals surface area (Å²) in [5.74, 6) is 0.746. The summed E-state index contributed by atoms with van der Waals surface area (Å²) in [4.78, 5) is 17.8. The van der Waals surface area contributed by atoms with Crippen molar-refractivity contribution in [1.82, 2.24) is 14.7 Å². The zero-order valence-electron chi connectivity index (χ0n) is 15.3. The van der Waals surface area contributed by atoms with Crippen molar-refractivity contribution in [3.05, 3.63) is 47.8 Å². The van der Waals surface area contributed by atoms with Gasteiger partial charge in [0.25, 0.3) is 0 Å². The Kier molecular flexibility index (Phi) is 3.91. The number of carbonyl (C=O) groups is 1. The van der Waals surface area contributed by atoms with Crippen LogP contribution in [0.25, 0.3) is 0 Å². The molecule has 5 heteroatoms. The third-order valence-electron chi connectivity index (χ3n) is 5.43. The number of amides is 1. The highest BCUT2D eigenvalue weighted by Gasteiger charge is 2.54. The monoisotopic (exact) mass is 338 g/mol. The lowest BCUT2D eigenvalue weighted by Gasteiger charge is -2.25. The summed E-state index contributed by atoms with van der Waals surface area (Å²) in [6, 6.07) is 8.37. The van der Waals surface area contributed by atoms with Crippen LogP contribution in [0.15, 0.2) is 36.7 Å². The quantitative estimate of drug-likeness (QED) is 0.860. The molecule has 1 aromatic heterocycles. The van der Waals surface area contributed by atoms with Gasteiger partial charge in [-0.2, -0.15) is 5.10 Å². The molecule has 132 valence electrons. The van der Waals surface area contributed by atoms with Gasteiger partial charge in [0.2, 0.25) is 5.91 Å². The van der Waals surface area contributed by atoms with Crippen LogP contribution in [-0.4, -0.2) is 40.2 Å². The Morgan fingerprint density at radius 3 is 2.80 bits per heavy atom. The maximum atomic E-state index is 13.4. The zero-order valence-corrected chi connectivity index (χ0v) is 15.3. The minimum absolute atomic E-state index is 0.288. The Bertz CT molecular complexity index is 796. The number of aromatic nitrogens is 2. The average Bonchev–Trinajstić information content (AvgIpc) is 3.24. The van der Waals surface area contributed by atoms with E-state index in [1.54, 1.807) is 0 Å². The molecule has 25 heavy (non-hydrogen) atoms. The Balaban J connectivity index is 1.62. The van der Waals surface area contributed by atoms with E-state index >= 15 is 0 Å². The molecule has 1 amide bonds. The molecule has 1 fully saturated rings. The predicted molar refractivity (Wildman–Crippen MR) is 98.4 cm³/mol. The molecule has 0 radical (unpaired) electrons. The van der Waals surface area contributed by atoms with Gasteiger partial charge in [0, 0.05) is 44.1 Å². The fourth-order valence-electron chi connectivity index (χ4n) is 4.37. The maximum absolute atomic E-state index is 13.4. The molecule has 2 aliphatic heterocycles. The maximum Gasteiger partial charge on any atom is 0.239 e. The lowest BCUT2D eigenvalue weighted by molar-refractivity contribution is -0.122. The number of aryl methyl sites for hydroxylation is 1. The summed E-state index contributed by atoms with van der Waals surface area (Å²) >= 11 is 0. The molecule has 0 aliphatic carbocycles. The highest BCUT2D eigenvalue weighted by molar-refractivity contribution is 6.08. The zero-order chi connectivity index (χ0) is 17.6. The van der Waals surface area contributed by atoms with Crippen LogP contribution in [0.4, 0.5) is 5.69 Å². The summed E-state index contributed by atoms with van der Waals surface area (Å²) in [6.45, 7) is 7.74. The standard InChI is InChI=1S/C20H26N4O/c1-15(2)11-24-18-7-5-4-6-17(18)20(19(24)25)8-9-23(14-20)13-16-10-21-22(3)12-16/h4-7,10,12,15H,8-9,11,13-14H2,1-3H3. The highest BCUT2D eigenvalue weighted by Crippen LogP contribution is 2.47. The molecule has 0 bridgehead atoms. The lowest BCUT2D eigenvalue weighted by Crippen LogP contribution is -2.43. The number of hydrogen-bond donors (Lipinski definition) is 0. The second kappa shape index (κ2) is 5.99. The summed E-state index contributed by atoms with van der Waals surface area (Å²) in [5.41, 5.74) is 3.17. The van der Waals surface area contributed by atoms with Crippen molar-refractivity contribution in [1.29, 1.82) is 0 Å². The molecule has 1 aromatic carbocycles. The molecule has 1 spiro atoms. The van der Waals surface area contributed by atoms with Gasteiger partial charge in [-0.3, -0.25) is 14.4 Å². The number of benzene rings is 1. The van der Waals surface area contributed by atoms with Crippen LogP contribution in [0, 0.1) is 5.92 Å². The largest absolute Gasteiger partial charge is 0.311 e. The summed E-state index contributed by atoms with van der Waals surface area (Å²) < 4.78 is 1.83. The van der Waals surface area contributed by atoms with E-state index in [2.05, 4.69) is 48.2 Å². The van der Waals surface area contributed by atoms with Gasteiger partial charge in [0.15, 0.2) is 0 Å². The van der Waals surface area contributed by atoms with Crippen LogP contribution < -0.4 is 4.90 Å². The van der Waals surface area contributed by atoms with Gasteiger partial charge in [-0.05, 0) is 30.5 Å². The van der Waals surface area contributed by atoms with Gasteiger partial charge >= 0.3 is 0 Å². The molecule has 2 aromatic rings. The summed E-state index contributed by atoms with van der Waals surface area (Å²) in [7, 11) is 1.94. The van der Waals surface area contributed by atoms with Gasteiger partial charge in [-0.25, -0.2) is 0 Å². The first kappa shape index (κ1) is 16.3. The van der Waals surface area contributed by atoms with E-state index in [0.29, 0.717) is 5.92 Å². The second-order valence-corrected chi connectivity index (χ2v) is 7.89. The van der Waals surface area contributed by atoms with Gasteiger partial charge in [0.05, 0.1) is 11.6 Å². The number of anilines is 1. The molecule has 2 aliphatic rings. The number of carbonyl (C=O) groups excluding carboxylic acids is 1. The number of nitrogens with zero attached hydrogens (tertiary/aromatic N) is 4. The number of likely N-dealkylation sites (tertiary alicyclic amines) is 1. The summed E-state index contributed by atoms with van der Waals surface area (Å²) in [6.07, 6.45) is 4.87. The summed E-state index contributed by atoms with van der Waals surface area (Å²) in [5, 5.41) is 4.26. The predicted octanol–water partition coefficient (Wildman–Crippen LogP) is 2.57. The van der Waals surface area contributed by atoms with Crippen molar-refractivity contribution in [2.24, 2.45) is 13.0 Å². The molecule has 1 atom stereocenters. The van der Waals surface area contributed by atoms with Crippen LogP contribution in [0.1, 0.15) is 31.4 Å². The van der Waals surface area contributed by atoms with Crippen molar-refractivity contribution in [3.8, 4) is 0 Å². The molecule has 1 saturated heterocycles. The first-order valence-electron chi connectivity index (χ1n) is 9.11. The van der Waals surface area contributed by atoms with Crippen molar-refractivity contribution in [2.75, 3.05) is 24.5 Å². The second-order valence-electron chi connectivity index (χ2n) is 7.89. The van der Waals surface area contributed by atoms with E-state index in [4.69, 9.17) is 0 Å². The van der Waals surface area contributed by atoms with E-state index in [1.807, 2.05) is 28.9 Å². The number of hydrogen-bond acceptors (Lipinski definition) is 3. The Morgan fingerprint density at radius 1 is 1.28 bits per heavy atom. The molecule has 3 heterocycles. The van der Waals surface area contributed by atoms with Crippen molar-refractivity contribution >= 4 is 11.6 Å². The van der Waals surface area contributed by atoms with Crippen LogP contribution in [-0.2, 0) is 23.8 Å². The smallest absolute Gasteiger partial charge is 0.239 e. The molecule has 4 rings (SSSR count). The Labute approximate surface area is 149 Å². The number of fused-ring (bicyclic) bond motifs is 2. The fraction of sp³-hybridized carbons (Fsp3) is 0.500. The fourth-order valence-corrected chi connectivity index (χ4v) is 4.37. The van der Waals surface area contributed by atoms with Crippen LogP contribution in [0.5, 0.6) is 0 Å². The molecule has 5 nitrogen and oxygen atoms in total. The van der Waals surface area contributed by atoms with E-state index in [-0.39, 0.29) is 11.3 Å². The Hall–Kier alpha value is -2.14. The van der Waals surface area contributed by atoms with Gasteiger partial charge in [-0.1, -0.05) is 32.0 Å². The van der Waals surface area contributed by atoms with E-state index < -0.39 is 0 Å². The van der Waals surface area contributed by atoms with Gasteiger partial charge in [0.1, 0.15) is 0 Å². The van der Waals surface area contributed by atoms with Crippen molar-refractivity contribution in [2.45, 2.75) is 32.2 Å². The normalized spacial score (nSPS) is 23.2. The average molecular weight is 338 g/mol. The first-order valence-corrected chi connectivity index (χ1v) is 9.11. The van der Waals surface area contributed by atoms with Crippen LogP contribution in [0.2, 0.25) is 0 Å². The highest BCUT2D eigenvalue weighted by atomic mass is 16.2. The SMILES string of the molecule is CC(C)CN1C(=O)C2(CCN(Cc3cnn(C)c3)C2)c2ccccc21. The minimum Gasteiger partial charge on any atom is -0.311 e. The first-order chi connectivity index (χ1) is 12.0. The van der Waals surface area contributed by atoms with Gasteiger partial charge < -0.3 is 4.90 Å². The minimum atomic E-state index is -0.367. The number of rotatable bonds is 4. The molecule has 0 N–H and O–H groups in total. The van der Waals surface area contributed by atoms with Crippen LogP contribution in [0.3, 0.4) is 0 Å². The van der Waals surface area contributed by atoms with Crippen molar-refractivity contribution < 1.29 is 4.79 Å². The number of para-hydroxylation sites is 1. The van der Waals surface area contributed by atoms with E-state index in [1.165, 1.54) is 11.1 Å². The molecule has 0 saturated carbocycles.